The van der Waals surface area contributed by atoms with Crippen molar-refractivity contribution in [1.82, 2.24) is 9.97 Å². The Kier molecular flexibility index (Phi) is 4.34. The Labute approximate surface area is 169 Å². The monoisotopic (exact) mass is 421 g/mol. The zero-order chi connectivity index (χ0) is 21.1. The van der Waals surface area contributed by atoms with E-state index >= 15 is 0 Å². The third-order valence-electron chi connectivity index (χ3n) is 5.33. The molecule has 0 saturated carbocycles. The molecule has 0 bridgehead atoms. The van der Waals surface area contributed by atoms with Crippen molar-refractivity contribution in [2.75, 3.05) is 5.32 Å². The molecule has 0 saturated heterocycles. The first kappa shape index (κ1) is 19.6. The number of alkyl halides is 3. The van der Waals surface area contributed by atoms with Crippen molar-refractivity contribution >= 4 is 23.8 Å². The number of rotatable bonds is 1. The van der Waals surface area contributed by atoms with Crippen LogP contribution in [0.4, 0.5) is 19.0 Å². The van der Waals surface area contributed by atoms with Gasteiger partial charge in [0.05, 0.1) is 11.1 Å². The van der Waals surface area contributed by atoms with Gasteiger partial charge >= 0.3 is 6.18 Å². The highest BCUT2D eigenvalue weighted by molar-refractivity contribution is 7.71. The number of aromatic nitrogens is 2. The topological polar surface area (TPSA) is 77.8 Å². The molecule has 1 aliphatic heterocycles. The first-order valence-electron chi connectivity index (χ1n) is 9.04. The van der Waals surface area contributed by atoms with E-state index in [-0.39, 0.29) is 44.9 Å². The van der Waals surface area contributed by atoms with E-state index in [1.807, 2.05) is 13.8 Å². The van der Waals surface area contributed by atoms with Crippen LogP contribution in [0.2, 0.25) is 0 Å². The fourth-order valence-electron chi connectivity index (χ4n) is 4.26. The smallest absolute Gasteiger partial charge is 0.344 e. The van der Waals surface area contributed by atoms with Crippen LogP contribution in [0.25, 0.3) is 0 Å². The Bertz CT molecular complexity index is 1170. The SMILES string of the molecule is CC1(C)CC(=O)C2=C(C1)Nc1[nH]c(=S)[nH]c(=O)c1[C@@H]2c1ccccc1C(F)(F)F. The standard InChI is InChI=1S/C20H18F3N3O2S/c1-19(2)7-11-14(12(27)8-19)13(9-5-3-4-6-10(9)20(21,22)23)15-16(24-11)25-18(29)26-17(15)28/h3-6,13H,7-8H2,1-2H3,(H3,24,25,26,28,29)/t13-/m1/s1. The van der Waals surface area contributed by atoms with Gasteiger partial charge in [-0.15, -0.1) is 0 Å². The number of benzene rings is 1. The molecule has 152 valence electrons. The summed E-state index contributed by atoms with van der Waals surface area (Å²) in [5.41, 5.74) is -1.21. The van der Waals surface area contributed by atoms with Gasteiger partial charge in [-0.1, -0.05) is 32.0 Å². The molecule has 29 heavy (non-hydrogen) atoms. The van der Waals surface area contributed by atoms with Crippen LogP contribution in [0.3, 0.4) is 0 Å². The normalized spacial score (nSPS) is 20.7. The van der Waals surface area contributed by atoms with Gasteiger partial charge in [0.25, 0.3) is 5.56 Å². The van der Waals surface area contributed by atoms with Crippen LogP contribution in [-0.4, -0.2) is 15.8 Å². The second-order valence-electron chi connectivity index (χ2n) is 8.17. The molecule has 0 spiro atoms. The Morgan fingerprint density at radius 1 is 1.10 bits per heavy atom. The van der Waals surface area contributed by atoms with E-state index in [1.54, 1.807) is 0 Å². The number of hydrogen-bond acceptors (Lipinski definition) is 4. The number of ketones is 1. The molecule has 0 fully saturated rings. The summed E-state index contributed by atoms with van der Waals surface area (Å²) in [6.07, 6.45) is -3.98. The zero-order valence-electron chi connectivity index (χ0n) is 15.7. The van der Waals surface area contributed by atoms with Gasteiger partial charge < -0.3 is 10.3 Å². The van der Waals surface area contributed by atoms with Gasteiger partial charge in [0.2, 0.25) is 0 Å². The molecule has 9 heteroatoms. The minimum absolute atomic E-state index is 0.0297. The molecule has 0 radical (unpaired) electrons. The molecule has 3 N–H and O–H groups in total. The molecule has 4 rings (SSSR count). The molecule has 1 aromatic heterocycles. The second-order valence-corrected chi connectivity index (χ2v) is 8.58. The van der Waals surface area contributed by atoms with Crippen LogP contribution in [-0.2, 0) is 11.0 Å². The molecular weight excluding hydrogens is 403 g/mol. The number of carbonyl (C=O) groups excluding carboxylic acids is 1. The van der Waals surface area contributed by atoms with Crippen LogP contribution in [0, 0.1) is 10.2 Å². The van der Waals surface area contributed by atoms with Crippen molar-refractivity contribution in [3.8, 4) is 0 Å². The fraction of sp³-hybridized carbons (Fsp3) is 0.350. The number of carbonyl (C=O) groups is 1. The van der Waals surface area contributed by atoms with E-state index in [0.717, 1.165) is 6.07 Å². The number of anilines is 1. The molecule has 0 amide bonds. The lowest BCUT2D eigenvalue weighted by Gasteiger charge is -2.39. The summed E-state index contributed by atoms with van der Waals surface area (Å²) in [4.78, 5) is 31.0. The van der Waals surface area contributed by atoms with Crippen molar-refractivity contribution < 1.29 is 18.0 Å². The number of halogens is 3. The van der Waals surface area contributed by atoms with E-state index in [1.165, 1.54) is 18.2 Å². The van der Waals surface area contributed by atoms with E-state index in [4.69, 9.17) is 12.2 Å². The van der Waals surface area contributed by atoms with Crippen molar-refractivity contribution in [2.45, 2.75) is 38.8 Å². The number of hydrogen-bond donors (Lipinski definition) is 3. The largest absolute Gasteiger partial charge is 0.416 e. The molecule has 1 aliphatic carbocycles. The minimum Gasteiger partial charge on any atom is -0.344 e. The Morgan fingerprint density at radius 3 is 2.48 bits per heavy atom. The number of aromatic amines is 2. The highest BCUT2D eigenvalue weighted by atomic mass is 32.1. The number of fused-ring (bicyclic) bond motifs is 1. The summed E-state index contributed by atoms with van der Waals surface area (Å²) in [5.74, 6) is -1.18. The van der Waals surface area contributed by atoms with Gasteiger partial charge in [-0.05, 0) is 35.7 Å². The van der Waals surface area contributed by atoms with Gasteiger partial charge in [0, 0.05) is 23.6 Å². The van der Waals surface area contributed by atoms with Crippen LogP contribution in [0.15, 0.2) is 40.3 Å². The number of Topliss-reactive ketones (excluding diaryl/α,β-unsaturated/α-hetero) is 1. The Balaban J connectivity index is 2.06. The lowest BCUT2D eigenvalue weighted by atomic mass is 9.69. The maximum absolute atomic E-state index is 13.8. The maximum Gasteiger partial charge on any atom is 0.416 e. The zero-order valence-corrected chi connectivity index (χ0v) is 16.5. The number of allylic oxidation sites excluding steroid dienone is 2. The summed E-state index contributed by atoms with van der Waals surface area (Å²) in [5, 5.41) is 3.06. The average Bonchev–Trinajstić information content (AvgIpc) is 2.57. The van der Waals surface area contributed by atoms with Gasteiger partial charge in [-0.3, -0.25) is 14.6 Å². The van der Waals surface area contributed by atoms with Crippen LogP contribution < -0.4 is 10.9 Å². The van der Waals surface area contributed by atoms with E-state index in [9.17, 15) is 22.8 Å². The molecular formula is C20H18F3N3O2S. The molecule has 0 unspecified atom stereocenters. The van der Waals surface area contributed by atoms with Gasteiger partial charge in [-0.25, -0.2) is 0 Å². The van der Waals surface area contributed by atoms with Gasteiger partial charge in [0.15, 0.2) is 10.6 Å². The van der Waals surface area contributed by atoms with Crippen molar-refractivity contribution in [2.24, 2.45) is 5.41 Å². The maximum atomic E-state index is 13.8. The summed E-state index contributed by atoms with van der Waals surface area (Å²) in [6.45, 7) is 3.84. The lowest BCUT2D eigenvalue weighted by molar-refractivity contribution is -0.138. The van der Waals surface area contributed by atoms with Crippen LogP contribution in [0.1, 0.15) is 49.3 Å². The van der Waals surface area contributed by atoms with E-state index in [0.29, 0.717) is 12.1 Å². The second kappa shape index (κ2) is 6.41. The quantitative estimate of drug-likeness (QED) is 0.586. The predicted molar refractivity (Wildman–Crippen MR) is 104 cm³/mol. The van der Waals surface area contributed by atoms with Crippen molar-refractivity contribution in [1.29, 1.82) is 0 Å². The molecule has 2 aromatic rings. The highest BCUT2D eigenvalue weighted by Crippen LogP contribution is 2.49. The molecule has 2 heterocycles. The number of H-pyrrole nitrogens is 2. The van der Waals surface area contributed by atoms with Crippen molar-refractivity contribution in [3.05, 3.63) is 67.4 Å². The first-order valence-corrected chi connectivity index (χ1v) is 9.45. The summed E-state index contributed by atoms with van der Waals surface area (Å²) < 4.78 is 41.3. The fourth-order valence-corrected chi connectivity index (χ4v) is 4.46. The molecule has 1 aromatic carbocycles. The minimum atomic E-state index is -4.63. The van der Waals surface area contributed by atoms with E-state index in [2.05, 4.69) is 15.3 Å². The summed E-state index contributed by atoms with van der Waals surface area (Å²) in [7, 11) is 0. The number of nitrogens with one attached hydrogen (secondary N) is 3. The average molecular weight is 421 g/mol. The van der Waals surface area contributed by atoms with E-state index < -0.39 is 23.2 Å². The van der Waals surface area contributed by atoms with Gasteiger partial charge in [-0.2, -0.15) is 13.2 Å². The lowest BCUT2D eigenvalue weighted by Crippen LogP contribution is -2.37. The van der Waals surface area contributed by atoms with Crippen LogP contribution >= 0.6 is 12.2 Å². The highest BCUT2D eigenvalue weighted by Gasteiger charge is 2.45. The van der Waals surface area contributed by atoms with Crippen LogP contribution in [0.5, 0.6) is 0 Å². The molecule has 5 nitrogen and oxygen atoms in total. The predicted octanol–water partition coefficient (Wildman–Crippen LogP) is 4.65. The van der Waals surface area contributed by atoms with Gasteiger partial charge in [0.1, 0.15) is 5.82 Å². The summed E-state index contributed by atoms with van der Waals surface area (Å²) in [6, 6.07) is 5.05. The molecule has 1 atom stereocenters. The Morgan fingerprint density at radius 2 is 1.79 bits per heavy atom. The summed E-state index contributed by atoms with van der Waals surface area (Å²) >= 11 is 5.03. The third kappa shape index (κ3) is 3.33. The Hall–Kier alpha value is -2.68. The first-order chi connectivity index (χ1) is 13.5. The molecule has 2 aliphatic rings. The third-order valence-corrected chi connectivity index (χ3v) is 5.53. The van der Waals surface area contributed by atoms with Crippen molar-refractivity contribution in [3.63, 3.8) is 0 Å².